The normalized spacial score (nSPS) is 11.3. The molecule has 0 aliphatic heterocycles. The number of nitrogens with one attached hydrogen (secondary N) is 1. The molecule has 1 N–H and O–H groups in total. The van der Waals surface area contributed by atoms with E-state index in [1.165, 1.54) is 31.8 Å². The van der Waals surface area contributed by atoms with Crippen molar-refractivity contribution in [1.82, 2.24) is 15.1 Å². The van der Waals surface area contributed by atoms with Crippen molar-refractivity contribution in [3.05, 3.63) is 51.3 Å². The molecule has 0 unspecified atom stereocenters. The van der Waals surface area contributed by atoms with Gasteiger partial charge in [0.25, 0.3) is 5.91 Å². The molecule has 1 heterocycles. The second-order valence-corrected chi connectivity index (χ2v) is 7.67. The number of aryl methyl sites for hydroxylation is 1. The van der Waals surface area contributed by atoms with E-state index in [2.05, 4.69) is 17.3 Å². The Hall–Kier alpha value is -2.29. The van der Waals surface area contributed by atoms with Gasteiger partial charge in [0.05, 0.1) is 11.4 Å². The first-order chi connectivity index (χ1) is 14.0. The van der Waals surface area contributed by atoms with Crippen LogP contribution in [0.1, 0.15) is 56.7 Å². The minimum Gasteiger partial charge on any atom is -0.351 e. The molecule has 29 heavy (non-hydrogen) atoms. The first-order valence-corrected chi connectivity index (χ1v) is 10.6. The Morgan fingerprint density at radius 3 is 2.48 bits per heavy atom. The minimum absolute atomic E-state index is 0.0108. The van der Waals surface area contributed by atoms with Crippen LogP contribution < -0.4 is 5.32 Å². The van der Waals surface area contributed by atoms with Crippen LogP contribution in [0.2, 0.25) is 10.2 Å². The molecule has 0 saturated heterocycles. The lowest BCUT2D eigenvalue weighted by Crippen LogP contribution is -2.25. The number of benzene rings is 1. The zero-order chi connectivity index (χ0) is 21.2. The van der Waals surface area contributed by atoms with E-state index in [4.69, 9.17) is 23.2 Å². The summed E-state index contributed by atoms with van der Waals surface area (Å²) in [6.07, 6.45) is 8.33. The van der Waals surface area contributed by atoms with Crippen LogP contribution in [0.25, 0.3) is 11.8 Å². The molecule has 1 aromatic carbocycles. The molecule has 0 aliphatic rings. The standard InChI is InChI=1S/C22H26Cl2N4O/c1-3-4-5-6-7-8-13-26-22(29)17(15-25)14-20-16(2)27-28(21(20)24)19-11-9-18(23)10-12-19/h9-12,14H,3-8,13H2,1-2H3,(H,26,29)/b17-14+. The molecule has 1 aromatic heterocycles. The average molecular weight is 433 g/mol. The molecule has 1 amide bonds. The summed E-state index contributed by atoms with van der Waals surface area (Å²) in [6.45, 7) is 4.52. The number of carbonyl (C=O) groups is 1. The van der Waals surface area contributed by atoms with E-state index in [0.717, 1.165) is 18.5 Å². The maximum atomic E-state index is 12.4. The van der Waals surface area contributed by atoms with Gasteiger partial charge in [0.2, 0.25) is 0 Å². The quantitative estimate of drug-likeness (QED) is 0.289. The number of carbonyl (C=O) groups excluding carboxylic acids is 1. The number of hydrogen-bond acceptors (Lipinski definition) is 3. The first kappa shape index (κ1) is 23.0. The summed E-state index contributed by atoms with van der Waals surface area (Å²) in [5.74, 6) is -0.393. The van der Waals surface area contributed by atoms with Gasteiger partial charge in [-0.15, -0.1) is 0 Å². The lowest BCUT2D eigenvalue weighted by Gasteiger charge is -2.05. The van der Waals surface area contributed by atoms with Crippen LogP contribution >= 0.6 is 23.2 Å². The smallest absolute Gasteiger partial charge is 0.261 e. The van der Waals surface area contributed by atoms with Gasteiger partial charge >= 0.3 is 0 Å². The Labute approximate surface area is 182 Å². The van der Waals surface area contributed by atoms with Crippen molar-refractivity contribution >= 4 is 35.2 Å². The summed E-state index contributed by atoms with van der Waals surface area (Å²) < 4.78 is 1.56. The van der Waals surface area contributed by atoms with Crippen LogP contribution in [0.5, 0.6) is 0 Å². The Morgan fingerprint density at radius 2 is 1.83 bits per heavy atom. The molecule has 7 heteroatoms. The molecule has 154 valence electrons. The zero-order valence-electron chi connectivity index (χ0n) is 16.8. The van der Waals surface area contributed by atoms with E-state index < -0.39 is 5.91 Å². The van der Waals surface area contributed by atoms with Crippen molar-refractivity contribution in [3.8, 4) is 11.8 Å². The SMILES string of the molecule is CCCCCCCCNC(=O)/C(C#N)=C/c1c(C)nn(-c2ccc(Cl)cc2)c1Cl. The van der Waals surface area contributed by atoms with Crippen LogP contribution in [0.15, 0.2) is 29.8 Å². The number of halogens is 2. The highest BCUT2D eigenvalue weighted by Crippen LogP contribution is 2.26. The molecular formula is C22H26Cl2N4O. The summed E-state index contributed by atoms with van der Waals surface area (Å²) >= 11 is 12.4. The van der Waals surface area contributed by atoms with E-state index in [9.17, 15) is 10.1 Å². The summed E-state index contributed by atoms with van der Waals surface area (Å²) in [5.41, 5.74) is 1.93. The van der Waals surface area contributed by atoms with Gasteiger partial charge in [-0.3, -0.25) is 4.79 Å². The van der Waals surface area contributed by atoms with Gasteiger partial charge in [-0.25, -0.2) is 4.68 Å². The van der Waals surface area contributed by atoms with Gasteiger partial charge in [0, 0.05) is 17.1 Å². The largest absolute Gasteiger partial charge is 0.351 e. The maximum absolute atomic E-state index is 12.4. The first-order valence-electron chi connectivity index (χ1n) is 9.89. The molecule has 0 atom stereocenters. The fourth-order valence-electron chi connectivity index (χ4n) is 2.92. The van der Waals surface area contributed by atoms with Crippen molar-refractivity contribution in [2.45, 2.75) is 52.4 Å². The fraction of sp³-hybridized carbons (Fsp3) is 0.409. The van der Waals surface area contributed by atoms with E-state index in [1.807, 2.05) is 6.07 Å². The minimum atomic E-state index is -0.393. The van der Waals surface area contributed by atoms with Crippen LogP contribution in [0, 0.1) is 18.3 Å². The molecule has 2 aromatic rings. The molecule has 2 rings (SSSR count). The molecule has 0 saturated carbocycles. The maximum Gasteiger partial charge on any atom is 0.261 e. The third-order valence-electron chi connectivity index (χ3n) is 4.59. The monoisotopic (exact) mass is 432 g/mol. The molecule has 0 aliphatic carbocycles. The molecule has 0 spiro atoms. The zero-order valence-corrected chi connectivity index (χ0v) is 18.4. The van der Waals surface area contributed by atoms with Gasteiger partial charge in [-0.05, 0) is 43.7 Å². The van der Waals surface area contributed by atoms with E-state index in [1.54, 1.807) is 35.9 Å². The average Bonchev–Trinajstić information content (AvgIpc) is 2.99. The molecular weight excluding hydrogens is 407 g/mol. The van der Waals surface area contributed by atoms with Crippen LogP contribution in [0.4, 0.5) is 0 Å². The predicted octanol–water partition coefficient (Wildman–Crippen LogP) is 5.87. The second-order valence-electron chi connectivity index (χ2n) is 6.87. The highest BCUT2D eigenvalue weighted by Gasteiger charge is 2.16. The number of nitriles is 1. The highest BCUT2D eigenvalue weighted by atomic mass is 35.5. The number of rotatable bonds is 10. The van der Waals surface area contributed by atoms with Gasteiger partial charge < -0.3 is 5.32 Å². The van der Waals surface area contributed by atoms with E-state index in [-0.39, 0.29) is 5.57 Å². The number of hydrogen-bond donors (Lipinski definition) is 1. The second kappa shape index (κ2) is 11.6. The van der Waals surface area contributed by atoms with Crippen molar-refractivity contribution < 1.29 is 4.79 Å². The van der Waals surface area contributed by atoms with Crippen molar-refractivity contribution in [2.24, 2.45) is 0 Å². The predicted molar refractivity (Wildman–Crippen MR) is 118 cm³/mol. The Kier molecular flexibility index (Phi) is 9.24. The Morgan fingerprint density at radius 1 is 1.17 bits per heavy atom. The summed E-state index contributed by atoms with van der Waals surface area (Å²) in [4.78, 5) is 12.4. The highest BCUT2D eigenvalue weighted by molar-refractivity contribution is 6.31. The van der Waals surface area contributed by atoms with Crippen molar-refractivity contribution in [1.29, 1.82) is 5.26 Å². The van der Waals surface area contributed by atoms with Crippen LogP contribution in [-0.4, -0.2) is 22.2 Å². The van der Waals surface area contributed by atoms with Gasteiger partial charge in [0.1, 0.15) is 16.8 Å². The lowest BCUT2D eigenvalue weighted by molar-refractivity contribution is -0.117. The third kappa shape index (κ3) is 6.62. The third-order valence-corrected chi connectivity index (χ3v) is 5.20. The van der Waals surface area contributed by atoms with Gasteiger partial charge in [-0.2, -0.15) is 10.4 Å². The van der Waals surface area contributed by atoms with Crippen molar-refractivity contribution in [3.63, 3.8) is 0 Å². The molecule has 0 radical (unpaired) electrons. The number of nitrogens with zero attached hydrogens (tertiary/aromatic N) is 3. The molecule has 5 nitrogen and oxygen atoms in total. The van der Waals surface area contributed by atoms with Gasteiger partial charge in [0.15, 0.2) is 0 Å². The molecule has 0 bridgehead atoms. The summed E-state index contributed by atoms with van der Waals surface area (Å²) in [7, 11) is 0. The van der Waals surface area contributed by atoms with Crippen LogP contribution in [-0.2, 0) is 4.79 Å². The van der Waals surface area contributed by atoms with Gasteiger partial charge in [-0.1, -0.05) is 62.2 Å². The van der Waals surface area contributed by atoms with Crippen LogP contribution in [0.3, 0.4) is 0 Å². The van der Waals surface area contributed by atoms with E-state index in [0.29, 0.717) is 28.0 Å². The summed E-state index contributed by atoms with van der Waals surface area (Å²) in [5, 5.41) is 17.6. The van der Waals surface area contributed by atoms with E-state index >= 15 is 0 Å². The number of unbranched alkanes of at least 4 members (excludes halogenated alkanes) is 5. The Bertz CT molecular complexity index is 895. The summed E-state index contributed by atoms with van der Waals surface area (Å²) in [6, 6.07) is 9.05. The topological polar surface area (TPSA) is 70.7 Å². The molecule has 0 fully saturated rings. The number of aromatic nitrogens is 2. The lowest BCUT2D eigenvalue weighted by atomic mass is 10.1. The Balaban J connectivity index is 2.06. The van der Waals surface area contributed by atoms with Crippen molar-refractivity contribution in [2.75, 3.05) is 6.54 Å². The fourth-order valence-corrected chi connectivity index (χ4v) is 3.38. The number of amides is 1.